The summed E-state index contributed by atoms with van der Waals surface area (Å²) in [5, 5.41) is 3.50. The Morgan fingerprint density at radius 2 is 2.44 bits per heavy atom. The molecule has 86 valence electrons. The summed E-state index contributed by atoms with van der Waals surface area (Å²) in [6, 6.07) is -0.344. The van der Waals surface area contributed by atoms with E-state index in [1.807, 2.05) is 6.92 Å². The number of aromatic nitrogens is 1. The van der Waals surface area contributed by atoms with Gasteiger partial charge in [0.25, 0.3) is 0 Å². The zero-order valence-electron chi connectivity index (χ0n) is 8.77. The van der Waals surface area contributed by atoms with Crippen LogP contribution >= 0.6 is 11.3 Å². The van der Waals surface area contributed by atoms with Crippen molar-refractivity contribution in [2.75, 3.05) is 17.2 Å². The number of nitrogens with one attached hydrogen (secondary N) is 1. The lowest BCUT2D eigenvalue weighted by atomic mass is 10.1. The van der Waals surface area contributed by atoms with Gasteiger partial charge in [-0.15, -0.1) is 0 Å². The first-order valence-corrected chi connectivity index (χ1v) is 5.75. The predicted molar refractivity (Wildman–Crippen MR) is 61.1 cm³/mol. The number of imide groups is 1. The first kappa shape index (κ1) is 10.9. The van der Waals surface area contributed by atoms with E-state index < -0.39 is 0 Å². The van der Waals surface area contributed by atoms with Crippen molar-refractivity contribution in [2.45, 2.75) is 19.4 Å². The number of nitrogens with zero attached hydrogens (tertiary/aromatic N) is 2. The molecule has 1 unspecified atom stereocenters. The second kappa shape index (κ2) is 4.09. The molecule has 1 saturated heterocycles. The molecule has 3 N–H and O–H groups in total. The summed E-state index contributed by atoms with van der Waals surface area (Å²) in [7, 11) is 0. The van der Waals surface area contributed by atoms with E-state index in [1.165, 1.54) is 17.5 Å². The fraction of sp³-hybridized carbons (Fsp3) is 0.444. The molecule has 1 aromatic heterocycles. The summed E-state index contributed by atoms with van der Waals surface area (Å²) in [6.07, 6.45) is 2.16. The molecule has 0 saturated carbocycles. The predicted octanol–water partition coefficient (Wildman–Crippen LogP) is -0.0333. The number of hydrogen-bond donors (Lipinski definition) is 2. The number of carbonyl (C=O) groups excluding carboxylic acids is 2. The highest BCUT2D eigenvalue weighted by atomic mass is 32.1. The molecule has 1 fully saturated rings. The molecule has 7 heteroatoms. The van der Waals surface area contributed by atoms with Crippen LogP contribution in [0.15, 0.2) is 6.20 Å². The molecule has 1 aromatic rings. The van der Waals surface area contributed by atoms with E-state index in [0.717, 1.165) is 0 Å². The Morgan fingerprint density at radius 1 is 1.69 bits per heavy atom. The Bertz CT molecular complexity index is 431. The highest BCUT2D eigenvalue weighted by Gasteiger charge is 2.33. The zero-order chi connectivity index (χ0) is 11.7. The summed E-state index contributed by atoms with van der Waals surface area (Å²) in [4.78, 5) is 28.7. The van der Waals surface area contributed by atoms with Gasteiger partial charge < -0.3 is 10.6 Å². The first-order chi connectivity index (χ1) is 7.61. The highest BCUT2D eigenvalue weighted by molar-refractivity contribution is 7.19. The van der Waals surface area contributed by atoms with Crippen molar-refractivity contribution in [3.63, 3.8) is 0 Å². The molecule has 2 amide bonds. The molecule has 2 rings (SSSR count). The van der Waals surface area contributed by atoms with E-state index in [9.17, 15) is 9.59 Å². The average Bonchev–Trinajstić information content (AvgIpc) is 2.63. The van der Waals surface area contributed by atoms with Crippen LogP contribution in [0.25, 0.3) is 0 Å². The second-order valence-corrected chi connectivity index (χ2v) is 4.55. The smallest absolute Gasteiger partial charge is 0.249 e. The number of rotatable bonds is 2. The fourth-order valence-corrected chi connectivity index (χ4v) is 2.41. The van der Waals surface area contributed by atoms with Crippen molar-refractivity contribution in [3.8, 4) is 0 Å². The largest absolute Gasteiger partial charge is 0.389 e. The van der Waals surface area contributed by atoms with Gasteiger partial charge in [-0.1, -0.05) is 18.3 Å². The number of hydrogen-bond acceptors (Lipinski definition) is 6. The highest BCUT2D eigenvalue weighted by Crippen LogP contribution is 2.27. The Morgan fingerprint density at radius 3 is 3.00 bits per heavy atom. The van der Waals surface area contributed by atoms with Gasteiger partial charge in [-0.05, 0) is 6.42 Å². The summed E-state index contributed by atoms with van der Waals surface area (Å²) in [6.45, 7) is 2.04. The number of anilines is 2. The molecule has 0 aromatic carbocycles. The van der Waals surface area contributed by atoms with Crippen LogP contribution in [-0.2, 0) is 9.59 Å². The second-order valence-electron chi connectivity index (χ2n) is 3.51. The van der Waals surface area contributed by atoms with Gasteiger partial charge >= 0.3 is 0 Å². The molecular formula is C9H12N4O2S. The fourth-order valence-electron chi connectivity index (χ4n) is 1.68. The summed E-state index contributed by atoms with van der Waals surface area (Å²) >= 11 is 1.28. The van der Waals surface area contributed by atoms with Crippen molar-refractivity contribution in [2.24, 2.45) is 0 Å². The topological polar surface area (TPSA) is 88.3 Å². The van der Waals surface area contributed by atoms with Crippen molar-refractivity contribution < 1.29 is 9.59 Å². The minimum atomic E-state index is -0.344. The molecule has 1 aliphatic heterocycles. The van der Waals surface area contributed by atoms with Crippen molar-refractivity contribution in [3.05, 3.63) is 6.20 Å². The average molecular weight is 240 g/mol. The third-order valence-corrected chi connectivity index (χ3v) is 3.26. The normalized spacial score (nSPS) is 21.1. The molecule has 1 aliphatic rings. The number of amides is 2. The number of nitrogens with two attached hydrogens (primary N) is 1. The maximum atomic E-state index is 11.6. The quantitative estimate of drug-likeness (QED) is 0.708. The Hall–Kier alpha value is -1.63. The van der Waals surface area contributed by atoms with E-state index in [0.29, 0.717) is 16.6 Å². The molecule has 0 radical (unpaired) electrons. The summed E-state index contributed by atoms with van der Waals surface area (Å²) < 4.78 is 0. The maximum absolute atomic E-state index is 11.6. The number of carbonyl (C=O) groups is 2. The van der Waals surface area contributed by atoms with Gasteiger partial charge in [0.05, 0.1) is 6.20 Å². The van der Waals surface area contributed by atoms with Gasteiger partial charge in [-0.25, -0.2) is 4.98 Å². The van der Waals surface area contributed by atoms with Crippen LogP contribution in [0.2, 0.25) is 0 Å². The van der Waals surface area contributed by atoms with Crippen LogP contribution in [-0.4, -0.2) is 29.4 Å². The van der Waals surface area contributed by atoms with E-state index in [-0.39, 0.29) is 24.4 Å². The molecule has 0 aliphatic carbocycles. The molecular weight excluding hydrogens is 228 g/mol. The third kappa shape index (κ3) is 1.85. The SMILES string of the molecule is CCC1C(=O)NC(=O)CN1c1ncc(N)s1. The van der Waals surface area contributed by atoms with Gasteiger partial charge in [-0.3, -0.25) is 14.9 Å². The molecule has 0 bridgehead atoms. The first-order valence-electron chi connectivity index (χ1n) is 4.93. The van der Waals surface area contributed by atoms with Gasteiger partial charge in [0.15, 0.2) is 5.13 Å². The van der Waals surface area contributed by atoms with Gasteiger partial charge in [-0.2, -0.15) is 0 Å². The van der Waals surface area contributed by atoms with Crippen LogP contribution in [0.3, 0.4) is 0 Å². The van der Waals surface area contributed by atoms with Crippen LogP contribution in [0.5, 0.6) is 0 Å². The molecule has 6 nitrogen and oxygen atoms in total. The minimum Gasteiger partial charge on any atom is -0.389 e. The standard InChI is InChI=1S/C9H12N4O2S/c1-2-5-8(15)12-7(14)4-13(5)9-11-3-6(10)16-9/h3,5H,2,4,10H2,1H3,(H,12,14,15). The zero-order valence-corrected chi connectivity index (χ0v) is 9.58. The van der Waals surface area contributed by atoms with Crippen LogP contribution in [0, 0.1) is 0 Å². The minimum absolute atomic E-state index is 0.150. The van der Waals surface area contributed by atoms with E-state index in [1.54, 1.807) is 4.90 Å². The van der Waals surface area contributed by atoms with Gasteiger partial charge in [0, 0.05) is 0 Å². The molecule has 2 heterocycles. The Labute approximate surface area is 96.4 Å². The monoisotopic (exact) mass is 240 g/mol. The lowest BCUT2D eigenvalue weighted by Gasteiger charge is -2.32. The van der Waals surface area contributed by atoms with Crippen LogP contribution < -0.4 is 16.0 Å². The van der Waals surface area contributed by atoms with Gasteiger partial charge in [0.1, 0.15) is 17.6 Å². The number of nitrogen functional groups attached to an aromatic ring is 1. The van der Waals surface area contributed by atoms with Gasteiger partial charge in [0.2, 0.25) is 11.8 Å². The Balaban J connectivity index is 2.29. The van der Waals surface area contributed by atoms with Crippen molar-refractivity contribution in [1.29, 1.82) is 0 Å². The molecule has 1 atom stereocenters. The Kier molecular flexibility index (Phi) is 2.78. The summed E-state index contributed by atoms with van der Waals surface area (Å²) in [5.74, 6) is -0.573. The van der Waals surface area contributed by atoms with E-state index in [4.69, 9.17) is 5.73 Å². The lowest BCUT2D eigenvalue weighted by Crippen LogP contribution is -2.58. The van der Waals surface area contributed by atoms with Crippen molar-refractivity contribution in [1.82, 2.24) is 10.3 Å². The number of piperazine rings is 1. The van der Waals surface area contributed by atoms with E-state index in [2.05, 4.69) is 10.3 Å². The van der Waals surface area contributed by atoms with Crippen LogP contribution in [0.4, 0.5) is 10.1 Å². The van der Waals surface area contributed by atoms with E-state index >= 15 is 0 Å². The third-order valence-electron chi connectivity index (χ3n) is 2.40. The lowest BCUT2D eigenvalue weighted by molar-refractivity contribution is -0.132. The molecule has 0 spiro atoms. The molecule has 16 heavy (non-hydrogen) atoms. The number of thiazole rings is 1. The van der Waals surface area contributed by atoms with Crippen molar-refractivity contribution >= 4 is 33.3 Å². The summed E-state index contributed by atoms with van der Waals surface area (Å²) in [5.41, 5.74) is 5.59. The van der Waals surface area contributed by atoms with Crippen LogP contribution in [0.1, 0.15) is 13.3 Å². The maximum Gasteiger partial charge on any atom is 0.249 e.